The summed E-state index contributed by atoms with van der Waals surface area (Å²) in [6.07, 6.45) is 1.53. The van der Waals surface area contributed by atoms with Crippen LogP contribution in [0.3, 0.4) is 0 Å². The second-order valence-electron chi connectivity index (χ2n) is 4.98. The number of nitrogens with one attached hydrogen (secondary N) is 1. The van der Waals surface area contributed by atoms with E-state index in [1.54, 1.807) is 12.1 Å². The van der Waals surface area contributed by atoms with E-state index in [4.69, 9.17) is 9.47 Å². The van der Waals surface area contributed by atoms with Crippen molar-refractivity contribution in [3.8, 4) is 17.6 Å². The number of carbonyl (C=O) groups is 1. The van der Waals surface area contributed by atoms with Gasteiger partial charge in [0.2, 0.25) is 0 Å². The van der Waals surface area contributed by atoms with Crippen molar-refractivity contribution in [3.63, 3.8) is 0 Å². The van der Waals surface area contributed by atoms with E-state index in [-0.39, 0.29) is 11.6 Å². The van der Waals surface area contributed by atoms with Crippen molar-refractivity contribution in [2.24, 2.45) is 0 Å². The van der Waals surface area contributed by atoms with Gasteiger partial charge in [-0.05, 0) is 51.5 Å². The summed E-state index contributed by atoms with van der Waals surface area (Å²) in [5.41, 5.74) is 0.707. The highest BCUT2D eigenvalue weighted by molar-refractivity contribution is 9.10. The number of amides is 1. The standard InChI is InChI=1S/C17H21BrN2O3/c1-5-22-15-8-12(14(18)9-16(15)23-6-2)7-13(10-19)17(21)20-11(3)4/h7-9,11H,5-6H2,1-4H3,(H,20,21)/b13-7-. The zero-order chi connectivity index (χ0) is 17.4. The summed E-state index contributed by atoms with van der Waals surface area (Å²) in [5, 5.41) is 11.9. The van der Waals surface area contributed by atoms with E-state index in [9.17, 15) is 10.1 Å². The molecule has 0 fully saturated rings. The van der Waals surface area contributed by atoms with Crippen molar-refractivity contribution in [2.45, 2.75) is 33.7 Å². The van der Waals surface area contributed by atoms with Gasteiger partial charge >= 0.3 is 0 Å². The fraction of sp³-hybridized carbons (Fsp3) is 0.412. The van der Waals surface area contributed by atoms with Crippen LogP contribution < -0.4 is 14.8 Å². The van der Waals surface area contributed by atoms with Crippen LogP contribution in [0, 0.1) is 11.3 Å². The largest absolute Gasteiger partial charge is 0.490 e. The van der Waals surface area contributed by atoms with Gasteiger partial charge in [0.15, 0.2) is 11.5 Å². The molecule has 1 amide bonds. The van der Waals surface area contributed by atoms with Gasteiger partial charge in [-0.25, -0.2) is 0 Å². The van der Waals surface area contributed by atoms with E-state index in [0.717, 1.165) is 4.47 Å². The predicted octanol–water partition coefficient (Wildman–Crippen LogP) is 3.68. The molecule has 0 heterocycles. The van der Waals surface area contributed by atoms with Crippen molar-refractivity contribution in [2.75, 3.05) is 13.2 Å². The number of rotatable bonds is 7. The molecular weight excluding hydrogens is 360 g/mol. The van der Waals surface area contributed by atoms with Crippen molar-refractivity contribution in [3.05, 3.63) is 27.7 Å². The molecule has 1 aromatic carbocycles. The van der Waals surface area contributed by atoms with Crippen LogP contribution in [0.5, 0.6) is 11.5 Å². The first kappa shape index (κ1) is 19.0. The lowest BCUT2D eigenvalue weighted by Crippen LogP contribution is -2.30. The SMILES string of the molecule is CCOc1cc(Br)c(/C=C(/C#N)C(=O)NC(C)C)cc1OCC. The highest BCUT2D eigenvalue weighted by Crippen LogP contribution is 2.35. The molecule has 0 unspecified atom stereocenters. The second kappa shape index (κ2) is 9.21. The number of hydrogen-bond acceptors (Lipinski definition) is 4. The minimum absolute atomic E-state index is 0.0333. The Kier molecular flexibility index (Phi) is 7.63. The van der Waals surface area contributed by atoms with E-state index in [1.807, 2.05) is 33.8 Å². The molecule has 6 heteroatoms. The minimum atomic E-state index is -0.402. The summed E-state index contributed by atoms with van der Waals surface area (Å²) in [4.78, 5) is 12.0. The first-order valence-corrected chi connectivity index (χ1v) is 8.23. The summed E-state index contributed by atoms with van der Waals surface area (Å²) >= 11 is 3.44. The smallest absolute Gasteiger partial charge is 0.262 e. The van der Waals surface area contributed by atoms with Crippen molar-refractivity contribution in [1.29, 1.82) is 5.26 Å². The van der Waals surface area contributed by atoms with Gasteiger partial charge in [-0.2, -0.15) is 5.26 Å². The normalized spacial score (nSPS) is 11.1. The average molecular weight is 381 g/mol. The maximum absolute atomic E-state index is 12.0. The molecule has 0 saturated carbocycles. The predicted molar refractivity (Wildman–Crippen MR) is 93.3 cm³/mol. The molecule has 0 saturated heterocycles. The van der Waals surface area contributed by atoms with Crippen LogP contribution in [-0.2, 0) is 4.79 Å². The fourth-order valence-corrected chi connectivity index (χ4v) is 2.28. The lowest BCUT2D eigenvalue weighted by atomic mass is 10.1. The number of carbonyl (C=O) groups excluding carboxylic acids is 1. The number of ether oxygens (including phenoxy) is 2. The summed E-state index contributed by atoms with van der Waals surface area (Å²) in [7, 11) is 0. The van der Waals surface area contributed by atoms with E-state index >= 15 is 0 Å². The molecule has 0 atom stereocenters. The number of benzene rings is 1. The summed E-state index contributed by atoms with van der Waals surface area (Å²) < 4.78 is 11.8. The quantitative estimate of drug-likeness (QED) is 0.578. The number of nitrogens with zero attached hydrogens (tertiary/aromatic N) is 1. The summed E-state index contributed by atoms with van der Waals surface area (Å²) in [6.45, 7) is 8.46. The minimum Gasteiger partial charge on any atom is -0.490 e. The Bertz CT molecular complexity index is 633. The van der Waals surface area contributed by atoms with Gasteiger partial charge in [0.25, 0.3) is 5.91 Å². The molecule has 0 aliphatic rings. The molecule has 0 aliphatic carbocycles. The molecule has 1 aromatic rings. The average Bonchev–Trinajstić information content (AvgIpc) is 2.48. The van der Waals surface area contributed by atoms with Crippen LogP contribution in [0.2, 0.25) is 0 Å². The Morgan fingerprint density at radius 3 is 2.35 bits per heavy atom. The van der Waals surface area contributed by atoms with E-state index in [2.05, 4.69) is 21.2 Å². The Morgan fingerprint density at radius 2 is 1.87 bits per heavy atom. The molecule has 1 rings (SSSR count). The van der Waals surface area contributed by atoms with Crippen LogP contribution in [-0.4, -0.2) is 25.2 Å². The third-order valence-electron chi connectivity index (χ3n) is 2.75. The van der Waals surface area contributed by atoms with Gasteiger partial charge in [-0.3, -0.25) is 4.79 Å². The van der Waals surface area contributed by atoms with Crippen LogP contribution in [0.25, 0.3) is 6.08 Å². The Labute approximate surface area is 145 Å². The molecule has 5 nitrogen and oxygen atoms in total. The highest BCUT2D eigenvalue weighted by Gasteiger charge is 2.14. The highest BCUT2D eigenvalue weighted by atomic mass is 79.9. The second-order valence-corrected chi connectivity index (χ2v) is 5.84. The zero-order valence-corrected chi connectivity index (χ0v) is 15.4. The van der Waals surface area contributed by atoms with Gasteiger partial charge in [0, 0.05) is 10.5 Å². The Morgan fingerprint density at radius 1 is 1.30 bits per heavy atom. The Balaban J connectivity index is 3.25. The van der Waals surface area contributed by atoms with Gasteiger partial charge in [0.1, 0.15) is 11.6 Å². The first-order chi connectivity index (χ1) is 10.9. The first-order valence-electron chi connectivity index (χ1n) is 7.44. The number of nitriles is 1. The maximum Gasteiger partial charge on any atom is 0.262 e. The lowest BCUT2D eigenvalue weighted by Gasteiger charge is -2.13. The van der Waals surface area contributed by atoms with E-state index < -0.39 is 5.91 Å². The third-order valence-corrected chi connectivity index (χ3v) is 3.43. The molecule has 0 spiro atoms. The third kappa shape index (κ3) is 5.61. The van der Waals surface area contributed by atoms with Gasteiger partial charge in [-0.1, -0.05) is 15.9 Å². The van der Waals surface area contributed by atoms with Crippen molar-refractivity contribution < 1.29 is 14.3 Å². The summed E-state index contributed by atoms with van der Waals surface area (Å²) in [5.74, 6) is 0.787. The van der Waals surface area contributed by atoms with Crippen molar-refractivity contribution >= 4 is 27.9 Å². The van der Waals surface area contributed by atoms with Crippen LogP contribution in [0.1, 0.15) is 33.3 Å². The molecule has 124 valence electrons. The van der Waals surface area contributed by atoms with E-state index in [1.165, 1.54) is 6.08 Å². The van der Waals surface area contributed by atoms with Gasteiger partial charge < -0.3 is 14.8 Å². The zero-order valence-electron chi connectivity index (χ0n) is 13.8. The molecule has 0 aliphatic heterocycles. The summed E-state index contributed by atoms with van der Waals surface area (Å²) in [6, 6.07) is 5.41. The molecule has 0 radical (unpaired) electrons. The van der Waals surface area contributed by atoms with E-state index in [0.29, 0.717) is 30.3 Å². The molecular formula is C17H21BrN2O3. The van der Waals surface area contributed by atoms with Crippen LogP contribution in [0.15, 0.2) is 22.2 Å². The molecule has 1 N–H and O–H groups in total. The Hall–Kier alpha value is -2.00. The number of halogens is 1. The van der Waals surface area contributed by atoms with Crippen LogP contribution >= 0.6 is 15.9 Å². The van der Waals surface area contributed by atoms with Crippen LogP contribution in [0.4, 0.5) is 0 Å². The number of hydrogen-bond donors (Lipinski definition) is 1. The maximum atomic E-state index is 12.0. The molecule has 0 aromatic heterocycles. The topological polar surface area (TPSA) is 71.3 Å². The fourth-order valence-electron chi connectivity index (χ4n) is 1.84. The monoisotopic (exact) mass is 380 g/mol. The van der Waals surface area contributed by atoms with Gasteiger partial charge in [-0.15, -0.1) is 0 Å². The molecule has 23 heavy (non-hydrogen) atoms. The van der Waals surface area contributed by atoms with Gasteiger partial charge in [0.05, 0.1) is 13.2 Å². The molecule has 0 bridgehead atoms. The lowest BCUT2D eigenvalue weighted by molar-refractivity contribution is -0.117. The van der Waals surface area contributed by atoms with Crippen molar-refractivity contribution in [1.82, 2.24) is 5.32 Å².